The number of ether oxygens (including phenoxy) is 1. The molecule has 0 aromatic carbocycles. The summed E-state index contributed by atoms with van der Waals surface area (Å²) in [4.78, 5) is 0. The van der Waals surface area contributed by atoms with Crippen molar-refractivity contribution in [1.29, 1.82) is 0 Å². The molecule has 3 nitrogen and oxygen atoms in total. The van der Waals surface area contributed by atoms with Gasteiger partial charge >= 0.3 is 0 Å². The normalized spacial score (nSPS) is 13.5. The molecule has 2 N–H and O–H groups in total. The van der Waals surface area contributed by atoms with Crippen LogP contribution in [-0.4, -0.2) is 35.5 Å². The molecule has 0 amide bonds. The monoisotopic (exact) mass is 207 g/mol. The smallest absolute Gasteiger partial charge is 0.0581 e. The quantitative estimate of drug-likeness (QED) is 0.598. The highest BCUT2D eigenvalue weighted by Crippen LogP contribution is 1.98. The third kappa shape index (κ3) is 9.99. The first-order valence-electron chi connectivity index (χ1n) is 4.79. The zero-order chi connectivity index (χ0) is 10.1. The SMILES string of the molecule is CC(C)CCOCCS(=O)CCN. The van der Waals surface area contributed by atoms with Crippen molar-refractivity contribution in [2.75, 3.05) is 31.3 Å². The van der Waals surface area contributed by atoms with Gasteiger partial charge in [0, 0.05) is 35.5 Å². The Bertz CT molecular complexity index is 140. The van der Waals surface area contributed by atoms with Crippen molar-refractivity contribution >= 4 is 10.8 Å². The summed E-state index contributed by atoms with van der Waals surface area (Å²) in [5.74, 6) is 1.89. The van der Waals surface area contributed by atoms with E-state index in [0.29, 0.717) is 30.6 Å². The average molecular weight is 207 g/mol. The van der Waals surface area contributed by atoms with E-state index in [1.165, 1.54) is 0 Å². The van der Waals surface area contributed by atoms with Crippen LogP contribution in [0.2, 0.25) is 0 Å². The molecule has 0 aromatic rings. The molecule has 13 heavy (non-hydrogen) atoms. The molecule has 1 unspecified atom stereocenters. The molecule has 1 atom stereocenters. The molecule has 0 aliphatic carbocycles. The molecular formula is C9H21NO2S. The molecular weight excluding hydrogens is 186 g/mol. The zero-order valence-corrected chi connectivity index (χ0v) is 9.44. The Morgan fingerprint density at radius 3 is 2.54 bits per heavy atom. The molecule has 0 aliphatic rings. The first-order valence-corrected chi connectivity index (χ1v) is 6.28. The Labute approximate surface area is 83.5 Å². The molecule has 0 aliphatic heterocycles. The topological polar surface area (TPSA) is 52.3 Å². The highest BCUT2D eigenvalue weighted by atomic mass is 32.2. The van der Waals surface area contributed by atoms with E-state index in [1.807, 2.05) is 0 Å². The number of hydrogen-bond donors (Lipinski definition) is 1. The largest absolute Gasteiger partial charge is 0.380 e. The lowest BCUT2D eigenvalue weighted by atomic mass is 10.1. The van der Waals surface area contributed by atoms with Gasteiger partial charge in [0.05, 0.1) is 6.61 Å². The first kappa shape index (κ1) is 13.1. The van der Waals surface area contributed by atoms with Crippen LogP contribution in [0.5, 0.6) is 0 Å². The third-order valence-electron chi connectivity index (χ3n) is 1.64. The molecule has 0 rings (SSSR count). The lowest BCUT2D eigenvalue weighted by molar-refractivity contribution is 0.138. The van der Waals surface area contributed by atoms with E-state index >= 15 is 0 Å². The Hall–Kier alpha value is 0.0700. The van der Waals surface area contributed by atoms with Crippen LogP contribution < -0.4 is 5.73 Å². The predicted octanol–water partition coefficient (Wildman–Crippen LogP) is 0.757. The van der Waals surface area contributed by atoms with Gasteiger partial charge in [-0.25, -0.2) is 0 Å². The second-order valence-electron chi connectivity index (χ2n) is 3.43. The van der Waals surface area contributed by atoms with Gasteiger partial charge in [-0.15, -0.1) is 0 Å². The lowest BCUT2D eigenvalue weighted by Gasteiger charge is -2.05. The molecule has 4 heteroatoms. The van der Waals surface area contributed by atoms with Crippen LogP contribution in [0.1, 0.15) is 20.3 Å². The molecule has 0 heterocycles. The predicted molar refractivity (Wildman–Crippen MR) is 57.2 cm³/mol. The number of nitrogens with two attached hydrogens (primary N) is 1. The van der Waals surface area contributed by atoms with Crippen molar-refractivity contribution in [3.8, 4) is 0 Å². The van der Waals surface area contributed by atoms with Gasteiger partial charge in [-0.05, 0) is 12.3 Å². The Kier molecular flexibility index (Phi) is 8.71. The average Bonchev–Trinajstić information content (AvgIpc) is 2.03. The Morgan fingerprint density at radius 1 is 1.31 bits per heavy atom. The van der Waals surface area contributed by atoms with E-state index in [0.717, 1.165) is 13.0 Å². The van der Waals surface area contributed by atoms with E-state index in [9.17, 15) is 4.21 Å². The van der Waals surface area contributed by atoms with Crippen LogP contribution in [0.4, 0.5) is 0 Å². The summed E-state index contributed by atoms with van der Waals surface area (Å²) in [5, 5.41) is 0. The molecule has 0 fully saturated rings. The molecule has 0 saturated heterocycles. The van der Waals surface area contributed by atoms with E-state index < -0.39 is 10.8 Å². The van der Waals surface area contributed by atoms with E-state index in [-0.39, 0.29) is 0 Å². The maximum absolute atomic E-state index is 11.1. The van der Waals surface area contributed by atoms with Crippen molar-refractivity contribution in [2.24, 2.45) is 11.7 Å². The minimum Gasteiger partial charge on any atom is -0.380 e. The fourth-order valence-corrected chi connectivity index (χ4v) is 1.58. The summed E-state index contributed by atoms with van der Waals surface area (Å²) in [6.45, 7) is 6.20. The zero-order valence-electron chi connectivity index (χ0n) is 8.62. The lowest BCUT2D eigenvalue weighted by Crippen LogP contribution is -2.15. The minimum absolute atomic E-state index is 0.499. The van der Waals surface area contributed by atoms with Crippen molar-refractivity contribution in [3.05, 3.63) is 0 Å². The Balaban J connectivity index is 3.11. The molecule has 80 valence electrons. The summed E-state index contributed by atoms with van der Waals surface area (Å²) >= 11 is 0. The number of hydrogen-bond acceptors (Lipinski definition) is 3. The first-order chi connectivity index (χ1) is 6.16. The summed E-state index contributed by atoms with van der Waals surface area (Å²) in [7, 11) is -0.784. The van der Waals surface area contributed by atoms with Crippen LogP contribution in [0.25, 0.3) is 0 Å². The van der Waals surface area contributed by atoms with Gasteiger partial charge in [0.2, 0.25) is 0 Å². The maximum Gasteiger partial charge on any atom is 0.0581 e. The summed E-state index contributed by atoms with van der Waals surface area (Å²) < 4.78 is 16.4. The van der Waals surface area contributed by atoms with Gasteiger partial charge in [0.15, 0.2) is 0 Å². The fourth-order valence-electron chi connectivity index (χ4n) is 0.806. The van der Waals surface area contributed by atoms with Gasteiger partial charge in [0.25, 0.3) is 0 Å². The fraction of sp³-hybridized carbons (Fsp3) is 1.00. The van der Waals surface area contributed by atoms with Crippen LogP contribution in [0, 0.1) is 5.92 Å². The second kappa shape index (κ2) is 8.66. The van der Waals surface area contributed by atoms with Crippen molar-refractivity contribution in [1.82, 2.24) is 0 Å². The summed E-state index contributed by atoms with van der Waals surface area (Å²) in [6.07, 6.45) is 1.07. The standard InChI is InChI=1S/C9H21NO2S/c1-9(2)3-5-12-6-8-13(11)7-4-10/h9H,3-8,10H2,1-2H3. The van der Waals surface area contributed by atoms with Crippen molar-refractivity contribution in [3.63, 3.8) is 0 Å². The highest BCUT2D eigenvalue weighted by molar-refractivity contribution is 7.85. The molecule has 0 aromatic heterocycles. The molecule has 0 bridgehead atoms. The van der Waals surface area contributed by atoms with Gasteiger partial charge < -0.3 is 10.5 Å². The van der Waals surface area contributed by atoms with Crippen LogP contribution in [-0.2, 0) is 15.5 Å². The second-order valence-corrected chi connectivity index (χ2v) is 5.13. The van der Waals surface area contributed by atoms with Crippen LogP contribution in [0.3, 0.4) is 0 Å². The van der Waals surface area contributed by atoms with Gasteiger partial charge in [-0.2, -0.15) is 0 Å². The molecule has 0 radical (unpaired) electrons. The van der Waals surface area contributed by atoms with Crippen LogP contribution in [0.15, 0.2) is 0 Å². The Morgan fingerprint density at radius 2 is 2.00 bits per heavy atom. The minimum atomic E-state index is -0.784. The van der Waals surface area contributed by atoms with Crippen LogP contribution >= 0.6 is 0 Å². The van der Waals surface area contributed by atoms with E-state index in [2.05, 4.69) is 13.8 Å². The molecule has 0 saturated carbocycles. The highest BCUT2D eigenvalue weighted by Gasteiger charge is 1.98. The van der Waals surface area contributed by atoms with Gasteiger partial charge in [-0.1, -0.05) is 13.8 Å². The molecule has 0 spiro atoms. The van der Waals surface area contributed by atoms with Crippen molar-refractivity contribution < 1.29 is 8.95 Å². The third-order valence-corrected chi connectivity index (χ3v) is 2.95. The van der Waals surface area contributed by atoms with Gasteiger partial charge in [-0.3, -0.25) is 4.21 Å². The maximum atomic E-state index is 11.1. The van der Waals surface area contributed by atoms with E-state index in [4.69, 9.17) is 10.5 Å². The van der Waals surface area contributed by atoms with Gasteiger partial charge in [0.1, 0.15) is 0 Å². The van der Waals surface area contributed by atoms with E-state index in [1.54, 1.807) is 0 Å². The summed E-state index contributed by atoms with van der Waals surface area (Å²) in [5.41, 5.74) is 5.27. The summed E-state index contributed by atoms with van der Waals surface area (Å²) in [6, 6.07) is 0. The number of rotatable bonds is 8. The van der Waals surface area contributed by atoms with Crippen molar-refractivity contribution in [2.45, 2.75) is 20.3 Å².